The molecule has 3 aliphatic heterocycles. The van der Waals surface area contributed by atoms with Crippen LogP contribution in [0.3, 0.4) is 0 Å². The van der Waals surface area contributed by atoms with Crippen LogP contribution in [-0.4, -0.2) is 92.7 Å². The molecule has 0 atom stereocenters. The maximum absolute atomic E-state index is 14.4. The van der Waals surface area contributed by atoms with Crippen molar-refractivity contribution in [2.45, 2.75) is 70.3 Å². The number of piperazine rings is 1. The number of nitrogens with zero attached hydrogens (tertiary/aromatic N) is 5. The summed E-state index contributed by atoms with van der Waals surface area (Å²) >= 11 is 6.27. The van der Waals surface area contributed by atoms with Crippen molar-refractivity contribution >= 4 is 78.7 Å². The van der Waals surface area contributed by atoms with E-state index in [0.717, 1.165) is 57.8 Å². The molecule has 3 N–H and O–H groups in total. The Balaban J connectivity index is 1.01. The van der Waals surface area contributed by atoms with Gasteiger partial charge in [-0.15, -0.1) is 0 Å². The van der Waals surface area contributed by atoms with Gasteiger partial charge in [0.05, 0.1) is 26.8 Å². The van der Waals surface area contributed by atoms with E-state index in [1.54, 1.807) is 38.2 Å². The lowest BCUT2D eigenvalue weighted by Crippen LogP contribution is -2.47. The fourth-order valence-electron chi connectivity index (χ4n) is 9.63. The molecule has 352 valence electrons. The highest BCUT2D eigenvalue weighted by Crippen LogP contribution is 2.46. The molecular weight excluding hydrogens is 896 g/mol. The predicted molar refractivity (Wildman–Crippen MR) is 259 cm³/mol. The predicted octanol–water partition coefficient (Wildman–Crippen LogP) is 9.39. The molecule has 67 heavy (non-hydrogen) atoms. The van der Waals surface area contributed by atoms with Crippen LogP contribution in [0.1, 0.15) is 81.4 Å². The number of hydrogen-bond acceptors (Lipinski definition) is 12. The van der Waals surface area contributed by atoms with Gasteiger partial charge in [0.1, 0.15) is 17.0 Å². The summed E-state index contributed by atoms with van der Waals surface area (Å²) in [5, 5.41) is 16.7. The molecule has 2 fully saturated rings. The zero-order chi connectivity index (χ0) is 47.3. The number of cyclic esters (lactones) is 1. The molecule has 0 unspecified atom stereocenters. The lowest BCUT2D eigenvalue weighted by molar-refractivity contribution is -0.384. The van der Waals surface area contributed by atoms with E-state index in [1.807, 2.05) is 18.2 Å². The van der Waals surface area contributed by atoms with Crippen molar-refractivity contribution in [3.8, 4) is 0 Å². The number of sulfonamides is 1. The molecule has 2 aromatic heterocycles. The van der Waals surface area contributed by atoms with Gasteiger partial charge in [-0.05, 0) is 123 Å². The van der Waals surface area contributed by atoms with Crippen LogP contribution < -0.4 is 19.8 Å². The van der Waals surface area contributed by atoms with Crippen molar-refractivity contribution in [2.24, 2.45) is 11.3 Å². The number of halogens is 1. The highest BCUT2D eigenvalue weighted by atomic mass is 35.5. The molecular formula is C49H55ClN8O8S. The van der Waals surface area contributed by atoms with Crippen LogP contribution in [-0.2, 0) is 25.1 Å². The Kier molecular flexibility index (Phi) is 12.6. The first kappa shape index (κ1) is 46.1. The van der Waals surface area contributed by atoms with Crippen LogP contribution >= 0.6 is 11.6 Å². The summed E-state index contributed by atoms with van der Waals surface area (Å²) in [6, 6.07) is 20.1. The van der Waals surface area contributed by atoms with Crippen molar-refractivity contribution in [3.63, 3.8) is 0 Å². The molecule has 2 amide bonds. The summed E-state index contributed by atoms with van der Waals surface area (Å²) < 4.78 is 41.5. The van der Waals surface area contributed by atoms with Gasteiger partial charge in [0, 0.05) is 80.8 Å². The standard InChI is InChI=1S/C49H55ClN8O8S/c1-48(2)17-13-34(39(28-48)32-5-7-35(50)8-6-32)30-55-19-21-56(22-20-55)36-9-11-38(41(26-36)57-43-25-33-14-18-51-45(33)53-44(43)49(3,4)66-47(57)60)46(59)54-67(63,64)37-10-12-40(42(27-37)58(61)62)52-29-31-15-23-65-24-16-31/h5-12,14,18,25-27,31,52H,13,15-17,19-24,28-30H2,1-4H3,(H,51,53)(H,54,59). The number of nitro groups is 1. The number of allylic oxidation sites excluding steroid dienone is 1. The van der Waals surface area contributed by atoms with E-state index in [2.05, 4.69) is 50.8 Å². The van der Waals surface area contributed by atoms with Crippen LogP contribution in [0.2, 0.25) is 5.02 Å². The van der Waals surface area contributed by atoms with Crippen LogP contribution in [0.25, 0.3) is 16.6 Å². The number of benzene rings is 3. The molecule has 1 aliphatic carbocycles. The SMILES string of the molecule is CC1(C)CCC(CN2CCN(c3ccc(C(=O)NS(=O)(=O)c4ccc(NCC5CCOCC5)c([N+](=O)[O-])c4)c(N4C(=O)OC(C)(C)c5nc6[nH]ccc6cc54)c3)CC2)=C(c2ccc(Cl)cc2)C1. The average Bonchev–Trinajstić information content (AvgIpc) is 3.76. The van der Waals surface area contributed by atoms with E-state index in [4.69, 9.17) is 26.1 Å². The highest BCUT2D eigenvalue weighted by Gasteiger charge is 2.43. The normalized spacial score (nSPS) is 19.0. The van der Waals surface area contributed by atoms with Crippen molar-refractivity contribution in [3.05, 3.63) is 117 Å². The number of nitrogens with one attached hydrogen (secondary N) is 3. The average molecular weight is 952 g/mol. The number of amides is 2. The monoisotopic (exact) mass is 950 g/mol. The summed E-state index contributed by atoms with van der Waals surface area (Å²) in [6.45, 7) is 13.4. The number of aromatic nitrogens is 2. The van der Waals surface area contributed by atoms with Crippen LogP contribution in [0, 0.1) is 21.4 Å². The zero-order valence-electron chi connectivity index (χ0n) is 38.1. The van der Waals surface area contributed by atoms with Gasteiger partial charge in [0.15, 0.2) is 5.60 Å². The van der Waals surface area contributed by atoms with Crippen molar-refractivity contribution in [2.75, 3.05) is 67.6 Å². The molecule has 0 bridgehead atoms. The molecule has 3 aromatic carbocycles. The first-order valence-electron chi connectivity index (χ1n) is 22.7. The van der Waals surface area contributed by atoms with Gasteiger partial charge in [-0.25, -0.2) is 27.8 Å². The van der Waals surface area contributed by atoms with Crippen LogP contribution in [0.4, 0.5) is 33.2 Å². The molecule has 5 heterocycles. The zero-order valence-corrected chi connectivity index (χ0v) is 39.6. The third kappa shape index (κ3) is 9.73. The molecule has 0 radical (unpaired) electrons. The number of H-pyrrole nitrogens is 1. The molecule has 16 nitrogen and oxygen atoms in total. The minimum atomic E-state index is -4.68. The molecule has 5 aromatic rings. The van der Waals surface area contributed by atoms with Crippen molar-refractivity contribution in [1.82, 2.24) is 19.6 Å². The first-order valence-corrected chi connectivity index (χ1v) is 24.6. The Morgan fingerprint density at radius 2 is 1.72 bits per heavy atom. The number of rotatable bonds is 12. The topological polar surface area (TPSA) is 192 Å². The Hall–Kier alpha value is -6.01. The lowest BCUT2D eigenvalue weighted by Gasteiger charge is -2.40. The Bertz CT molecular complexity index is 2890. The van der Waals surface area contributed by atoms with Gasteiger partial charge >= 0.3 is 6.09 Å². The van der Waals surface area contributed by atoms with E-state index in [1.165, 1.54) is 39.8 Å². The van der Waals surface area contributed by atoms with E-state index in [9.17, 15) is 28.1 Å². The van der Waals surface area contributed by atoms with Gasteiger partial charge in [-0.1, -0.05) is 43.2 Å². The number of carbonyl (C=O) groups excluding carboxylic acids is 2. The lowest BCUT2D eigenvalue weighted by atomic mass is 9.72. The van der Waals surface area contributed by atoms with Crippen LogP contribution in [0.5, 0.6) is 0 Å². The minimum Gasteiger partial charge on any atom is -0.436 e. The number of fused-ring (bicyclic) bond motifs is 2. The van der Waals surface area contributed by atoms with E-state index in [0.29, 0.717) is 66.0 Å². The second-order valence-corrected chi connectivity index (χ2v) is 21.3. The Labute approximate surface area is 394 Å². The third-order valence-electron chi connectivity index (χ3n) is 13.5. The number of ether oxygens (including phenoxy) is 2. The smallest absolute Gasteiger partial charge is 0.419 e. The van der Waals surface area contributed by atoms with Gasteiger partial charge in [-0.2, -0.15) is 0 Å². The number of hydrogen-bond donors (Lipinski definition) is 3. The summed E-state index contributed by atoms with van der Waals surface area (Å²) in [6.07, 6.45) is 5.65. The second-order valence-electron chi connectivity index (χ2n) is 19.2. The number of carbonyl (C=O) groups is 2. The minimum absolute atomic E-state index is 0.0762. The fourth-order valence-corrected chi connectivity index (χ4v) is 10.7. The Morgan fingerprint density at radius 3 is 2.45 bits per heavy atom. The number of nitro benzene ring substituents is 1. The molecule has 4 aliphatic rings. The summed E-state index contributed by atoms with van der Waals surface area (Å²) in [5.74, 6) is -0.806. The fraction of sp³-hybridized carbons (Fsp3) is 0.408. The molecule has 18 heteroatoms. The highest BCUT2D eigenvalue weighted by molar-refractivity contribution is 7.90. The maximum atomic E-state index is 14.4. The molecule has 9 rings (SSSR count). The maximum Gasteiger partial charge on any atom is 0.419 e. The second kappa shape index (κ2) is 18.2. The summed E-state index contributed by atoms with van der Waals surface area (Å²) in [7, 11) is -4.68. The van der Waals surface area contributed by atoms with Gasteiger partial charge in [0.25, 0.3) is 21.6 Å². The number of anilines is 4. The van der Waals surface area contributed by atoms with Gasteiger partial charge < -0.3 is 24.7 Å². The van der Waals surface area contributed by atoms with Crippen molar-refractivity contribution in [1.29, 1.82) is 0 Å². The quantitative estimate of drug-likeness (QED) is 0.0794. The first-order chi connectivity index (χ1) is 31.9. The van der Waals surface area contributed by atoms with E-state index >= 15 is 0 Å². The van der Waals surface area contributed by atoms with Gasteiger partial charge in [-0.3, -0.25) is 19.8 Å². The van der Waals surface area contributed by atoms with Crippen LogP contribution in [0.15, 0.2) is 89.5 Å². The van der Waals surface area contributed by atoms with Gasteiger partial charge in [0.2, 0.25) is 0 Å². The molecule has 0 spiro atoms. The molecule has 0 saturated carbocycles. The largest absolute Gasteiger partial charge is 0.436 e. The third-order valence-corrected chi connectivity index (χ3v) is 15.1. The van der Waals surface area contributed by atoms with E-state index in [-0.39, 0.29) is 28.3 Å². The van der Waals surface area contributed by atoms with Crippen molar-refractivity contribution < 1.29 is 32.4 Å². The number of pyridine rings is 1. The number of aromatic amines is 1. The Morgan fingerprint density at radius 1 is 0.970 bits per heavy atom. The summed E-state index contributed by atoms with van der Waals surface area (Å²) in [5.41, 5.74) is 4.79. The molecule has 2 saturated heterocycles. The van der Waals surface area contributed by atoms with E-state index < -0.39 is 43.1 Å². The summed E-state index contributed by atoms with van der Waals surface area (Å²) in [4.78, 5) is 53.6.